The first-order valence-corrected chi connectivity index (χ1v) is 39.9. The van der Waals surface area contributed by atoms with Crippen molar-refractivity contribution in [2.45, 2.75) is 284 Å². The van der Waals surface area contributed by atoms with E-state index in [0.717, 1.165) is 53.2 Å². The van der Waals surface area contributed by atoms with Crippen molar-refractivity contribution in [1.29, 1.82) is 0 Å². The lowest BCUT2D eigenvalue weighted by Gasteiger charge is -2.38. The number of piperidine rings is 1. The first-order chi connectivity index (χ1) is 53.2. The second-order valence-electron chi connectivity index (χ2n) is 39.0. The zero-order valence-corrected chi connectivity index (χ0v) is 76.2. The number of guanidine groups is 1. The highest BCUT2D eigenvalue weighted by atomic mass is 32.2. The number of carbonyl (C=O) groups is 10. The van der Waals surface area contributed by atoms with Gasteiger partial charge >= 0.3 is 17.4 Å². The minimum atomic E-state index is -0.981. The molecule has 0 spiro atoms. The second kappa shape index (κ2) is 43.2. The molecule has 0 bridgehead atoms. The number of rotatable bonds is 1. The average Bonchev–Trinajstić information content (AvgIpc) is 0.848. The standard InChI is InChI=1S/C10H15NO2.C9H15NO2.C9H13NO.C8H11FN2O2.C8H17N3.2C8H14N2O2.C8H12N2O2.C8H13NO2.C7H11NO2S/c1-10(2,3)7-5-6-8(13-4)11-9(7)12;1-9(2,3)6-4-5-7(11)10-8(6)12;1-9(2,3)7-5-4-6-10-8(7)11;1-8(2,3)11-4-5(9)6(12)10-7(11)13;1-8(2,3)11-6-4-5-10-7(11)9;1-8(2,3)10-4-6(11)9-7(12)5-10;2*1-8(2,3)10-5-4-6(11)9-7(10)12;1-8(2,3)5-4-6(10)9-7(5)11;1-7(2,3)4-5(9)8-6(10)11-4/h5-6H,1-4H3,(H,11,12);6H,4-5H2,1-3H3,(H,10,11,12);4-6H,1-3H3,(H,10,11);4H,1-3H3,(H,10,12,13);4-6H2,1-3H3,(H2,9,10);2*4-5H2,1-3H3,(H,9,11,12);4-5H,1-3H3,(H,9,11,12);5H,4H2,1-3H3,(H,9,10,11);4H,1-3H3,(H,8,9,10). The Labute approximate surface area is 696 Å². The van der Waals surface area contributed by atoms with Crippen LogP contribution >= 0.6 is 11.8 Å². The van der Waals surface area contributed by atoms with Gasteiger partial charge in [-0.05, 0) is 162 Å². The fourth-order valence-corrected chi connectivity index (χ4v) is 12.3. The van der Waals surface area contributed by atoms with Gasteiger partial charge in [-0.1, -0.05) is 122 Å². The van der Waals surface area contributed by atoms with E-state index in [1.807, 2.05) is 188 Å². The number of piperazine rings is 1. The summed E-state index contributed by atoms with van der Waals surface area (Å²) in [5, 5.41) is 11.0. The number of nitrogens with zero attached hydrogens (tertiary/aromatic N) is 6. The Morgan fingerprint density at radius 1 is 0.475 bits per heavy atom. The maximum atomic E-state index is 12.8. The number of methoxy groups -OCH3 is 1. The van der Waals surface area contributed by atoms with Gasteiger partial charge in [0.1, 0.15) is 0 Å². The van der Waals surface area contributed by atoms with E-state index in [9.17, 15) is 81.1 Å². The number of nitrogens with two attached hydrogens (primary N) is 1. The molecule has 10 rings (SSSR count). The molecular formula is C83H135FN16O17S. The van der Waals surface area contributed by atoms with E-state index >= 15 is 0 Å². The Hall–Kier alpha value is -9.93. The van der Waals surface area contributed by atoms with Gasteiger partial charge in [0.05, 0.1) is 37.6 Å². The van der Waals surface area contributed by atoms with Crippen LogP contribution in [0.2, 0.25) is 0 Å². The lowest BCUT2D eigenvalue weighted by molar-refractivity contribution is -0.140. The number of urea groups is 1. The van der Waals surface area contributed by atoms with E-state index in [-0.39, 0.29) is 147 Å². The highest BCUT2D eigenvalue weighted by Gasteiger charge is 2.41. The zero-order chi connectivity index (χ0) is 92.0. The summed E-state index contributed by atoms with van der Waals surface area (Å²) in [6.45, 7) is 62.1. The summed E-state index contributed by atoms with van der Waals surface area (Å²) >= 11 is 1.08. The van der Waals surface area contributed by atoms with Crippen molar-refractivity contribution < 1.29 is 57.1 Å². The summed E-state index contributed by atoms with van der Waals surface area (Å²) in [6, 6.07) is 8.34. The number of hydrogen-bond acceptors (Lipinski definition) is 22. The Kier molecular flexibility index (Phi) is 38.8. The van der Waals surface area contributed by atoms with Gasteiger partial charge in [-0.15, -0.1) is 0 Å². The molecule has 4 aromatic rings. The highest BCUT2D eigenvalue weighted by Crippen LogP contribution is 2.35. The minimum absolute atomic E-state index is 0.0139. The van der Waals surface area contributed by atoms with Gasteiger partial charge in [-0.3, -0.25) is 123 Å². The predicted molar refractivity (Wildman–Crippen MR) is 458 cm³/mol. The van der Waals surface area contributed by atoms with Crippen LogP contribution in [0, 0.1) is 33.9 Å². The summed E-state index contributed by atoms with van der Waals surface area (Å²) in [6.07, 6.45) is 7.12. The van der Waals surface area contributed by atoms with Gasteiger partial charge in [0.15, 0.2) is 11.8 Å². The molecule has 3 unspecified atom stereocenters. The normalized spacial score (nSPS) is 18.1. The smallest absolute Gasteiger partial charge is 0.328 e. The number of aromatic amines is 4. The van der Waals surface area contributed by atoms with Gasteiger partial charge in [0, 0.05) is 102 Å². The molecule has 33 nitrogen and oxygen atoms in total. The maximum Gasteiger partial charge on any atom is 0.328 e. The molecule has 6 aliphatic heterocycles. The Morgan fingerprint density at radius 2 is 0.966 bits per heavy atom. The van der Waals surface area contributed by atoms with Gasteiger partial charge in [-0.2, -0.15) is 4.39 Å². The van der Waals surface area contributed by atoms with Crippen LogP contribution < -0.4 is 70.7 Å². The number of H-pyrrole nitrogens is 4. The summed E-state index contributed by atoms with van der Waals surface area (Å²) in [5.41, 5.74) is 3.48. The Balaban J connectivity index is 0.000000656. The first-order valence-electron chi connectivity index (χ1n) is 39.0. The topological polar surface area (TPSA) is 464 Å². The fraction of sp³-hybridized carbons (Fsp3) is 0.651. The van der Waals surface area contributed by atoms with Crippen LogP contribution in [0.4, 0.5) is 14.0 Å². The van der Waals surface area contributed by atoms with Crippen LogP contribution in [0.3, 0.4) is 0 Å². The number of ether oxygens (including phenoxy) is 1. The number of amides is 11. The first kappa shape index (κ1) is 106. The van der Waals surface area contributed by atoms with Crippen LogP contribution in [-0.2, 0) is 60.3 Å². The Bertz CT molecular complexity index is 4430. The monoisotopic (exact) mass is 1680 g/mol. The van der Waals surface area contributed by atoms with Gasteiger partial charge in [0.2, 0.25) is 53.1 Å². The van der Waals surface area contributed by atoms with E-state index in [2.05, 4.69) is 72.2 Å². The van der Waals surface area contributed by atoms with Crippen molar-refractivity contribution in [3.63, 3.8) is 0 Å². The zero-order valence-electron chi connectivity index (χ0n) is 75.4. The van der Waals surface area contributed by atoms with E-state index in [1.54, 1.807) is 44.0 Å². The van der Waals surface area contributed by atoms with Crippen molar-refractivity contribution in [3.8, 4) is 5.88 Å². The molecule has 3 atom stereocenters. The quantitative estimate of drug-likeness (QED) is 0.0798. The summed E-state index contributed by atoms with van der Waals surface area (Å²) < 4.78 is 20.3. The number of halogens is 1. The van der Waals surface area contributed by atoms with Crippen LogP contribution in [0.25, 0.3) is 0 Å². The van der Waals surface area contributed by atoms with Crippen LogP contribution in [-0.4, -0.2) is 170 Å². The third kappa shape index (κ3) is 36.9. The van der Waals surface area contributed by atoms with E-state index in [1.165, 1.54) is 23.9 Å². The molecule has 662 valence electrons. The van der Waals surface area contributed by atoms with Gasteiger partial charge in [0.25, 0.3) is 27.5 Å². The summed E-state index contributed by atoms with van der Waals surface area (Å²) in [5.74, 6) is -1.19. The number of aliphatic imine (C=N–C) groups is 1. The average molecular weight is 1680 g/mol. The number of imide groups is 5. The van der Waals surface area contributed by atoms with E-state index in [4.69, 9.17) is 10.5 Å². The van der Waals surface area contributed by atoms with Crippen LogP contribution in [0.15, 0.2) is 82.7 Å². The molecule has 6 aliphatic rings. The summed E-state index contributed by atoms with van der Waals surface area (Å²) in [7, 11) is 1.53. The van der Waals surface area contributed by atoms with E-state index in [0.29, 0.717) is 57.2 Å². The number of pyridine rings is 2. The largest absolute Gasteiger partial charge is 0.482 e. The third-order valence-corrected chi connectivity index (χ3v) is 19.6. The Morgan fingerprint density at radius 3 is 1.32 bits per heavy atom. The number of hydrogen-bond donors (Lipinski definition) is 10. The number of aromatic nitrogens is 6. The molecule has 10 heterocycles. The third-order valence-electron chi connectivity index (χ3n) is 18.1. The van der Waals surface area contributed by atoms with Crippen molar-refractivity contribution in [3.05, 3.63) is 128 Å². The number of thioether (sulfide) groups is 1. The van der Waals surface area contributed by atoms with Crippen molar-refractivity contribution in [2.75, 3.05) is 39.8 Å². The van der Waals surface area contributed by atoms with Crippen LogP contribution in [0.1, 0.15) is 251 Å². The number of carbonyl (C=O) groups excluding carboxylic acids is 10. The molecule has 0 aromatic carbocycles. The lowest BCUT2D eigenvalue weighted by atomic mass is 9.76. The molecule has 0 aliphatic carbocycles. The molecule has 35 heteroatoms. The molecule has 0 radical (unpaired) electrons. The van der Waals surface area contributed by atoms with Crippen molar-refractivity contribution >= 4 is 76.2 Å². The van der Waals surface area contributed by atoms with Gasteiger partial charge < -0.3 is 25.3 Å². The molecule has 4 aromatic heterocycles. The van der Waals surface area contributed by atoms with Crippen molar-refractivity contribution in [2.24, 2.45) is 38.8 Å². The van der Waals surface area contributed by atoms with E-state index < -0.39 is 22.6 Å². The minimum Gasteiger partial charge on any atom is -0.482 e. The molecule has 11 N–H and O–H groups in total. The van der Waals surface area contributed by atoms with Crippen molar-refractivity contribution in [1.82, 2.24) is 70.4 Å². The maximum absolute atomic E-state index is 12.8. The molecule has 11 amide bonds. The van der Waals surface area contributed by atoms with Crippen LogP contribution in [0.5, 0.6) is 5.88 Å². The fourth-order valence-electron chi connectivity index (χ4n) is 11.4. The predicted octanol–water partition coefficient (Wildman–Crippen LogP) is 8.52. The molecule has 0 saturated carbocycles. The molecule has 5 saturated heterocycles. The highest BCUT2D eigenvalue weighted by molar-refractivity contribution is 8.15. The molecular weight excluding hydrogens is 1540 g/mol. The summed E-state index contributed by atoms with van der Waals surface area (Å²) in [4.78, 5) is 196. The SMILES string of the molecule is CC(C)(C)C1CC(=O)NC1=O.CC(C)(C)C1CCC(=O)NC1=O.CC(C)(C)C1SC(=O)NC1=O.CC(C)(C)N1CC(=O)NC(=O)C1.CC(C)(C)N1CCC(=O)NC1=O.CC(C)(C)N1CCCN=C1N.CC(C)(C)c1ccc[nH]c1=O.CC(C)(C)n1cc(F)c(=O)[nH]c1=O.CC(C)(C)n1ccc(=O)[nH]c1=O.COc1ccc(C(C)(C)C)c(=O)[nH]1. The lowest BCUT2D eigenvalue weighted by Crippen LogP contribution is -2.57. The second-order valence-corrected chi connectivity index (χ2v) is 40.1. The number of nitrogens with one attached hydrogen (secondary N) is 9. The molecule has 5 fully saturated rings. The van der Waals surface area contributed by atoms with Gasteiger partial charge in [-0.25, -0.2) is 14.4 Å². The molecule has 118 heavy (non-hydrogen) atoms.